The van der Waals surface area contributed by atoms with E-state index in [1.54, 1.807) is 6.92 Å². The number of fused-ring (bicyclic) bond motifs is 1. The molecule has 2 unspecified atom stereocenters. The molecule has 152 valence electrons. The van der Waals surface area contributed by atoms with Gasteiger partial charge in [-0.3, -0.25) is 9.59 Å². The van der Waals surface area contributed by atoms with E-state index in [0.29, 0.717) is 25.4 Å². The van der Waals surface area contributed by atoms with Crippen LogP contribution in [0, 0.1) is 5.92 Å². The molecule has 2 aromatic rings. The summed E-state index contributed by atoms with van der Waals surface area (Å²) >= 11 is 0. The summed E-state index contributed by atoms with van der Waals surface area (Å²) in [5.41, 5.74) is 3.61. The van der Waals surface area contributed by atoms with Gasteiger partial charge in [0.2, 0.25) is 11.8 Å². The summed E-state index contributed by atoms with van der Waals surface area (Å²) in [6.45, 7) is 4.96. The van der Waals surface area contributed by atoms with Crippen LogP contribution in [0.2, 0.25) is 0 Å². The van der Waals surface area contributed by atoms with Crippen LogP contribution in [0.5, 0.6) is 0 Å². The number of rotatable bonds is 5. The zero-order chi connectivity index (χ0) is 20.2. The summed E-state index contributed by atoms with van der Waals surface area (Å²) in [5.74, 6) is 0.518. The molecule has 0 aliphatic carbocycles. The van der Waals surface area contributed by atoms with Crippen molar-refractivity contribution < 1.29 is 9.59 Å². The lowest BCUT2D eigenvalue weighted by atomic mass is 9.90. The van der Waals surface area contributed by atoms with Crippen LogP contribution < -0.4 is 10.2 Å². The van der Waals surface area contributed by atoms with E-state index in [2.05, 4.69) is 46.6 Å². The number of carbonyl (C=O) groups is 2. The third-order valence-electron chi connectivity index (χ3n) is 6.19. The van der Waals surface area contributed by atoms with Crippen molar-refractivity contribution in [3.8, 4) is 0 Å². The highest BCUT2D eigenvalue weighted by atomic mass is 16.2. The minimum Gasteiger partial charge on any atom is -0.371 e. The average Bonchev–Trinajstić information content (AvgIpc) is 3.22. The molecule has 0 aromatic heterocycles. The SMILES string of the molecule is CC(=O)N1CCc2ccccc2C1CC(=O)NCC1CCN(c2ccccc2)C1. The zero-order valence-corrected chi connectivity index (χ0v) is 17.0. The molecule has 1 fully saturated rings. The van der Waals surface area contributed by atoms with E-state index in [1.165, 1.54) is 11.3 Å². The average molecular weight is 392 g/mol. The third kappa shape index (κ3) is 4.44. The Labute approximate surface area is 172 Å². The Morgan fingerprint density at radius 1 is 1.03 bits per heavy atom. The molecule has 1 N–H and O–H groups in total. The number of nitrogens with one attached hydrogen (secondary N) is 1. The number of anilines is 1. The van der Waals surface area contributed by atoms with Gasteiger partial charge in [0.15, 0.2) is 0 Å². The molecular weight excluding hydrogens is 362 g/mol. The molecule has 4 rings (SSSR count). The monoisotopic (exact) mass is 391 g/mol. The van der Waals surface area contributed by atoms with Crippen molar-refractivity contribution in [1.82, 2.24) is 10.2 Å². The Hall–Kier alpha value is -2.82. The Morgan fingerprint density at radius 3 is 2.59 bits per heavy atom. The van der Waals surface area contributed by atoms with Gasteiger partial charge in [-0.25, -0.2) is 0 Å². The van der Waals surface area contributed by atoms with Crippen molar-refractivity contribution >= 4 is 17.5 Å². The largest absolute Gasteiger partial charge is 0.371 e. The van der Waals surface area contributed by atoms with Crippen LogP contribution in [-0.2, 0) is 16.0 Å². The summed E-state index contributed by atoms with van der Waals surface area (Å²) in [6.07, 6.45) is 2.26. The molecule has 2 amide bonds. The molecular formula is C24H29N3O2. The Balaban J connectivity index is 1.34. The summed E-state index contributed by atoms with van der Waals surface area (Å²) in [6, 6.07) is 18.4. The summed E-state index contributed by atoms with van der Waals surface area (Å²) in [7, 11) is 0. The molecule has 1 saturated heterocycles. The number of para-hydroxylation sites is 1. The van der Waals surface area contributed by atoms with Crippen molar-refractivity contribution in [3.63, 3.8) is 0 Å². The Morgan fingerprint density at radius 2 is 1.79 bits per heavy atom. The third-order valence-corrected chi connectivity index (χ3v) is 6.19. The first-order valence-corrected chi connectivity index (χ1v) is 10.5. The van der Waals surface area contributed by atoms with Gasteiger partial charge in [0.1, 0.15) is 0 Å². The molecule has 0 bridgehead atoms. The fraction of sp³-hybridized carbons (Fsp3) is 0.417. The first-order chi connectivity index (χ1) is 14.1. The lowest BCUT2D eigenvalue weighted by molar-refractivity contribution is -0.133. The fourth-order valence-corrected chi connectivity index (χ4v) is 4.63. The van der Waals surface area contributed by atoms with E-state index in [1.807, 2.05) is 23.1 Å². The summed E-state index contributed by atoms with van der Waals surface area (Å²) < 4.78 is 0. The van der Waals surface area contributed by atoms with E-state index in [9.17, 15) is 9.59 Å². The molecule has 5 heteroatoms. The van der Waals surface area contributed by atoms with Crippen LogP contribution in [0.3, 0.4) is 0 Å². The van der Waals surface area contributed by atoms with E-state index >= 15 is 0 Å². The number of amides is 2. The number of hydrogen-bond acceptors (Lipinski definition) is 3. The van der Waals surface area contributed by atoms with Crippen molar-refractivity contribution in [2.75, 3.05) is 31.1 Å². The van der Waals surface area contributed by atoms with Gasteiger partial charge >= 0.3 is 0 Å². The van der Waals surface area contributed by atoms with E-state index in [-0.39, 0.29) is 17.9 Å². The lowest BCUT2D eigenvalue weighted by Crippen LogP contribution is -2.41. The number of benzene rings is 2. The predicted octanol–water partition coefficient (Wildman–Crippen LogP) is 3.17. The van der Waals surface area contributed by atoms with Crippen molar-refractivity contribution in [1.29, 1.82) is 0 Å². The first kappa shape index (κ1) is 19.5. The van der Waals surface area contributed by atoms with Gasteiger partial charge in [0.05, 0.1) is 12.5 Å². The standard InChI is InChI=1S/C24H29N3O2/c1-18(28)27-14-12-20-7-5-6-10-22(20)23(27)15-24(29)25-16-19-11-13-26(17-19)21-8-3-2-4-9-21/h2-10,19,23H,11-17H2,1H3,(H,25,29). The fourth-order valence-electron chi connectivity index (χ4n) is 4.63. The molecule has 0 saturated carbocycles. The van der Waals surface area contributed by atoms with E-state index in [0.717, 1.165) is 31.5 Å². The van der Waals surface area contributed by atoms with Gasteiger partial charge in [-0.05, 0) is 42.0 Å². The quantitative estimate of drug-likeness (QED) is 0.852. The van der Waals surface area contributed by atoms with Gasteiger partial charge in [-0.1, -0.05) is 42.5 Å². The van der Waals surface area contributed by atoms with Crippen molar-refractivity contribution in [3.05, 3.63) is 65.7 Å². The van der Waals surface area contributed by atoms with Crippen LogP contribution in [-0.4, -0.2) is 42.9 Å². The summed E-state index contributed by atoms with van der Waals surface area (Å²) in [4.78, 5) is 29.1. The molecule has 2 heterocycles. The minimum absolute atomic E-state index is 0.0242. The second-order valence-electron chi connectivity index (χ2n) is 8.12. The van der Waals surface area contributed by atoms with Gasteiger partial charge in [-0.15, -0.1) is 0 Å². The normalized spacial score (nSPS) is 21.0. The first-order valence-electron chi connectivity index (χ1n) is 10.5. The van der Waals surface area contributed by atoms with Crippen molar-refractivity contribution in [2.45, 2.75) is 32.2 Å². The molecule has 2 aliphatic heterocycles. The highest BCUT2D eigenvalue weighted by Crippen LogP contribution is 2.32. The van der Waals surface area contributed by atoms with Crippen LogP contribution in [0.4, 0.5) is 5.69 Å². The lowest BCUT2D eigenvalue weighted by Gasteiger charge is -2.36. The molecule has 2 aromatic carbocycles. The van der Waals surface area contributed by atoms with Crippen LogP contribution in [0.15, 0.2) is 54.6 Å². The second kappa shape index (κ2) is 8.68. The minimum atomic E-state index is -0.165. The topological polar surface area (TPSA) is 52.7 Å². The molecule has 0 radical (unpaired) electrons. The Bertz CT molecular complexity index is 867. The van der Waals surface area contributed by atoms with Gasteiger partial charge in [0, 0.05) is 38.8 Å². The Kier molecular flexibility index (Phi) is 5.84. The van der Waals surface area contributed by atoms with Gasteiger partial charge in [-0.2, -0.15) is 0 Å². The van der Waals surface area contributed by atoms with Crippen LogP contribution >= 0.6 is 0 Å². The summed E-state index contributed by atoms with van der Waals surface area (Å²) in [5, 5.41) is 3.13. The van der Waals surface area contributed by atoms with Crippen LogP contribution in [0.25, 0.3) is 0 Å². The van der Waals surface area contributed by atoms with Crippen molar-refractivity contribution in [2.24, 2.45) is 5.92 Å². The molecule has 2 aliphatic rings. The maximum Gasteiger partial charge on any atom is 0.222 e. The smallest absolute Gasteiger partial charge is 0.222 e. The van der Waals surface area contributed by atoms with Gasteiger partial charge < -0.3 is 15.1 Å². The molecule has 2 atom stereocenters. The number of carbonyl (C=O) groups excluding carboxylic acids is 2. The van der Waals surface area contributed by atoms with E-state index < -0.39 is 0 Å². The highest BCUT2D eigenvalue weighted by molar-refractivity contribution is 5.79. The number of hydrogen-bond donors (Lipinski definition) is 1. The number of nitrogens with zero attached hydrogens (tertiary/aromatic N) is 2. The molecule has 5 nitrogen and oxygen atoms in total. The predicted molar refractivity (Wildman–Crippen MR) is 115 cm³/mol. The van der Waals surface area contributed by atoms with Gasteiger partial charge in [0.25, 0.3) is 0 Å². The maximum atomic E-state index is 12.7. The molecule has 29 heavy (non-hydrogen) atoms. The molecule has 0 spiro atoms. The van der Waals surface area contributed by atoms with E-state index in [4.69, 9.17) is 0 Å². The van der Waals surface area contributed by atoms with Crippen LogP contribution in [0.1, 0.15) is 36.9 Å². The maximum absolute atomic E-state index is 12.7. The second-order valence-corrected chi connectivity index (χ2v) is 8.12. The highest BCUT2D eigenvalue weighted by Gasteiger charge is 2.31. The zero-order valence-electron chi connectivity index (χ0n) is 17.0.